The molecule has 1 aliphatic rings. The summed E-state index contributed by atoms with van der Waals surface area (Å²) in [4.78, 5) is 24.7. The molecule has 3 rings (SSSR count). The van der Waals surface area contributed by atoms with Crippen molar-refractivity contribution in [2.75, 3.05) is 6.26 Å². The quantitative estimate of drug-likeness (QED) is 0.402. The zero-order valence-corrected chi connectivity index (χ0v) is 13.6. The van der Waals surface area contributed by atoms with Gasteiger partial charge < -0.3 is 9.84 Å². The molecule has 0 aliphatic carbocycles. The third kappa shape index (κ3) is 2.84. The highest BCUT2D eigenvalue weighted by Gasteiger charge is 2.32. The van der Waals surface area contributed by atoms with Crippen LogP contribution in [0.15, 0.2) is 41.3 Å². The van der Waals surface area contributed by atoms with Crippen molar-refractivity contribution in [3.63, 3.8) is 0 Å². The maximum Gasteiger partial charge on any atom is 0.312 e. The summed E-state index contributed by atoms with van der Waals surface area (Å²) >= 11 is 1.63. The number of phenols is 1. The third-order valence-electron chi connectivity index (χ3n) is 4.02. The standard InChI is InChI=1S/C18H16O4S/c1-10(19)13-7-8-15-17(18(13)21)14(9-16(20)22-15)11-3-5-12(23-2)6-4-11/h3-8,14,21H,9H2,1-2H3/t14-/m0/s1. The lowest BCUT2D eigenvalue weighted by atomic mass is 9.84. The van der Waals surface area contributed by atoms with Crippen LogP contribution in [0.25, 0.3) is 0 Å². The van der Waals surface area contributed by atoms with E-state index < -0.39 is 0 Å². The summed E-state index contributed by atoms with van der Waals surface area (Å²) in [5.74, 6) is -0.657. The van der Waals surface area contributed by atoms with E-state index in [1.54, 1.807) is 17.8 Å². The summed E-state index contributed by atoms with van der Waals surface area (Å²) in [7, 11) is 0. The number of carbonyl (C=O) groups is 2. The van der Waals surface area contributed by atoms with Crippen LogP contribution in [-0.2, 0) is 4.79 Å². The van der Waals surface area contributed by atoms with E-state index in [4.69, 9.17) is 4.74 Å². The second kappa shape index (κ2) is 6.08. The van der Waals surface area contributed by atoms with Gasteiger partial charge >= 0.3 is 5.97 Å². The van der Waals surface area contributed by atoms with E-state index in [9.17, 15) is 14.7 Å². The van der Waals surface area contributed by atoms with Crippen LogP contribution in [0.2, 0.25) is 0 Å². The molecule has 0 aromatic heterocycles. The average Bonchev–Trinajstić information content (AvgIpc) is 2.54. The lowest BCUT2D eigenvalue weighted by Gasteiger charge is -2.26. The van der Waals surface area contributed by atoms with Crippen molar-refractivity contribution < 1.29 is 19.4 Å². The highest BCUT2D eigenvalue weighted by atomic mass is 32.2. The van der Waals surface area contributed by atoms with Gasteiger partial charge in [-0.2, -0.15) is 0 Å². The molecular weight excluding hydrogens is 312 g/mol. The summed E-state index contributed by atoms with van der Waals surface area (Å²) in [5, 5.41) is 10.5. The molecule has 0 amide bonds. The summed E-state index contributed by atoms with van der Waals surface area (Å²) in [6.07, 6.45) is 2.13. The van der Waals surface area contributed by atoms with Crippen molar-refractivity contribution in [3.05, 3.63) is 53.1 Å². The molecule has 5 heteroatoms. The fourth-order valence-electron chi connectivity index (χ4n) is 2.85. The number of thioether (sulfide) groups is 1. The smallest absolute Gasteiger partial charge is 0.312 e. The zero-order valence-electron chi connectivity index (χ0n) is 12.8. The van der Waals surface area contributed by atoms with Gasteiger partial charge in [-0.1, -0.05) is 12.1 Å². The van der Waals surface area contributed by atoms with E-state index >= 15 is 0 Å². The third-order valence-corrected chi connectivity index (χ3v) is 4.76. The first-order valence-corrected chi connectivity index (χ1v) is 8.45. The minimum atomic E-state index is -0.341. The molecule has 1 atom stereocenters. The molecule has 0 unspecified atom stereocenters. The van der Waals surface area contributed by atoms with Gasteiger partial charge in [0.1, 0.15) is 11.5 Å². The van der Waals surface area contributed by atoms with Gasteiger partial charge in [0.15, 0.2) is 5.78 Å². The Morgan fingerprint density at radius 1 is 1.22 bits per heavy atom. The number of carbonyl (C=O) groups excluding carboxylic acids is 2. The van der Waals surface area contributed by atoms with E-state index in [0.29, 0.717) is 11.3 Å². The number of esters is 1. The minimum Gasteiger partial charge on any atom is -0.507 e. The molecule has 118 valence electrons. The fraction of sp³-hybridized carbons (Fsp3) is 0.222. The maximum atomic E-state index is 11.9. The molecular formula is C18H16O4S. The van der Waals surface area contributed by atoms with Gasteiger partial charge in [0.25, 0.3) is 0 Å². The van der Waals surface area contributed by atoms with Gasteiger partial charge in [0, 0.05) is 16.4 Å². The number of rotatable bonds is 3. The van der Waals surface area contributed by atoms with Crippen molar-refractivity contribution in [1.29, 1.82) is 0 Å². The Morgan fingerprint density at radius 3 is 2.52 bits per heavy atom. The number of hydrogen-bond acceptors (Lipinski definition) is 5. The van der Waals surface area contributed by atoms with Crippen molar-refractivity contribution in [3.8, 4) is 11.5 Å². The van der Waals surface area contributed by atoms with Crippen molar-refractivity contribution in [1.82, 2.24) is 0 Å². The lowest BCUT2D eigenvalue weighted by molar-refractivity contribution is -0.135. The summed E-state index contributed by atoms with van der Waals surface area (Å²) in [5.41, 5.74) is 1.67. The molecule has 0 spiro atoms. The first kappa shape index (κ1) is 15.6. The largest absolute Gasteiger partial charge is 0.507 e. The van der Waals surface area contributed by atoms with Crippen LogP contribution < -0.4 is 4.74 Å². The second-order valence-corrected chi connectivity index (χ2v) is 6.31. The normalized spacial score (nSPS) is 16.6. The topological polar surface area (TPSA) is 63.6 Å². The number of aromatic hydroxyl groups is 1. The first-order chi connectivity index (χ1) is 11.0. The molecule has 0 fully saturated rings. The van der Waals surface area contributed by atoms with Crippen LogP contribution >= 0.6 is 11.8 Å². The molecule has 0 radical (unpaired) electrons. The molecule has 2 aromatic rings. The van der Waals surface area contributed by atoms with Crippen LogP contribution in [0, 0.1) is 0 Å². The second-order valence-electron chi connectivity index (χ2n) is 5.43. The van der Waals surface area contributed by atoms with Crippen molar-refractivity contribution in [2.45, 2.75) is 24.2 Å². The van der Waals surface area contributed by atoms with E-state index in [1.165, 1.54) is 13.0 Å². The van der Waals surface area contributed by atoms with Crippen molar-refractivity contribution >= 4 is 23.5 Å². The SMILES string of the molecule is CSc1ccc([C@@H]2CC(=O)Oc3ccc(C(C)=O)c(O)c32)cc1. The van der Waals surface area contributed by atoms with Crippen LogP contribution in [0.4, 0.5) is 0 Å². The molecule has 0 saturated carbocycles. The van der Waals surface area contributed by atoms with Gasteiger partial charge in [-0.25, -0.2) is 0 Å². The molecule has 23 heavy (non-hydrogen) atoms. The Hall–Kier alpha value is -2.27. The van der Waals surface area contributed by atoms with Crippen LogP contribution in [0.3, 0.4) is 0 Å². The number of benzene rings is 2. The maximum absolute atomic E-state index is 11.9. The Morgan fingerprint density at radius 2 is 1.91 bits per heavy atom. The number of Topliss-reactive ketones (excluding diaryl/α,β-unsaturated/α-hetero) is 1. The molecule has 1 N–H and O–H groups in total. The molecule has 0 bridgehead atoms. The van der Waals surface area contributed by atoms with E-state index in [0.717, 1.165) is 10.5 Å². The number of phenolic OH excluding ortho intramolecular Hbond substituents is 1. The molecule has 1 heterocycles. The highest BCUT2D eigenvalue weighted by molar-refractivity contribution is 7.98. The Bertz CT molecular complexity index is 780. The van der Waals surface area contributed by atoms with Gasteiger partial charge in [0.05, 0.1) is 12.0 Å². The van der Waals surface area contributed by atoms with Gasteiger partial charge in [-0.05, 0) is 43.0 Å². The lowest BCUT2D eigenvalue weighted by Crippen LogP contribution is -2.21. The fourth-order valence-corrected chi connectivity index (χ4v) is 3.26. The monoisotopic (exact) mass is 328 g/mol. The molecule has 1 aliphatic heterocycles. The van der Waals surface area contributed by atoms with Crippen LogP contribution in [0.5, 0.6) is 11.5 Å². The summed E-state index contributed by atoms with van der Waals surface area (Å²) < 4.78 is 5.23. The van der Waals surface area contributed by atoms with E-state index in [-0.39, 0.29) is 35.4 Å². The Balaban J connectivity index is 2.14. The number of ether oxygens (including phenoxy) is 1. The van der Waals surface area contributed by atoms with Crippen LogP contribution in [-0.4, -0.2) is 23.1 Å². The Kier molecular flexibility index (Phi) is 4.13. The molecule has 0 saturated heterocycles. The van der Waals surface area contributed by atoms with E-state index in [1.807, 2.05) is 30.5 Å². The van der Waals surface area contributed by atoms with E-state index in [2.05, 4.69) is 0 Å². The van der Waals surface area contributed by atoms with Gasteiger partial charge in [0.2, 0.25) is 0 Å². The Labute approximate surface area is 138 Å². The predicted octanol–water partition coefficient (Wildman–Crippen LogP) is 3.76. The molecule has 4 nitrogen and oxygen atoms in total. The van der Waals surface area contributed by atoms with Crippen molar-refractivity contribution in [2.24, 2.45) is 0 Å². The highest BCUT2D eigenvalue weighted by Crippen LogP contribution is 2.45. The number of fused-ring (bicyclic) bond motifs is 1. The first-order valence-electron chi connectivity index (χ1n) is 7.22. The minimum absolute atomic E-state index is 0.0959. The summed E-state index contributed by atoms with van der Waals surface area (Å²) in [6, 6.07) is 10.9. The molecule has 2 aromatic carbocycles. The van der Waals surface area contributed by atoms with Gasteiger partial charge in [-0.3, -0.25) is 9.59 Å². The average molecular weight is 328 g/mol. The number of ketones is 1. The predicted molar refractivity (Wildman–Crippen MR) is 88.4 cm³/mol. The van der Waals surface area contributed by atoms with Crippen LogP contribution in [0.1, 0.15) is 40.7 Å². The van der Waals surface area contributed by atoms with Gasteiger partial charge in [-0.15, -0.1) is 11.8 Å². The number of hydrogen-bond donors (Lipinski definition) is 1. The summed E-state index contributed by atoms with van der Waals surface area (Å²) in [6.45, 7) is 1.40. The zero-order chi connectivity index (χ0) is 16.6.